The molecule has 4 nitrogen and oxygen atoms in total. The van der Waals surface area contributed by atoms with Gasteiger partial charge in [-0.3, -0.25) is 9.80 Å². The maximum atomic E-state index is 13.0. The van der Waals surface area contributed by atoms with Crippen LogP contribution in [0.3, 0.4) is 0 Å². The second kappa shape index (κ2) is 8.03. The summed E-state index contributed by atoms with van der Waals surface area (Å²) in [5.74, 6) is -0.450. The van der Waals surface area contributed by atoms with Crippen LogP contribution < -0.4 is 5.01 Å². The predicted octanol–water partition coefficient (Wildman–Crippen LogP) is 4.91. The van der Waals surface area contributed by atoms with E-state index in [1.165, 1.54) is 12.1 Å². The van der Waals surface area contributed by atoms with Gasteiger partial charge in [-0.15, -0.1) is 0 Å². The molecule has 0 spiro atoms. The molecule has 0 fully saturated rings. The second-order valence-electron chi connectivity index (χ2n) is 6.13. The number of hydrazine groups is 1. The summed E-state index contributed by atoms with van der Waals surface area (Å²) < 4.78 is 39.1. The third kappa shape index (κ3) is 4.43. The van der Waals surface area contributed by atoms with E-state index < -0.39 is 24.7 Å². The smallest absolute Gasteiger partial charge is 0.382 e. The number of halogens is 5. The van der Waals surface area contributed by atoms with Crippen molar-refractivity contribution < 1.29 is 23.1 Å². The standard InChI is InChI=1S/C19H15Cl2F3N2O2/c20-13-6-4-12(5-7-13)16-8-9-18(28)26(15-3-1-2-14(21)10-15)25(16)11-17(27)19(22,23)24/h1-8,10,17,27H,9,11H2. The minimum Gasteiger partial charge on any atom is -0.382 e. The molecule has 3 rings (SSSR count). The maximum Gasteiger partial charge on any atom is 0.416 e. The normalized spacial score (nSPS) is 16.2. The lowest BCUT2D eigenvalue weighted by molar-refractivity contribution is -0.206. The fourth-order valence-corrected chi connectivity index (χ4v) is 3.15. The van der Waals surface area contributed by atoms with Crippen molar-refractivity contribution in [3.63, 3.8) is 0 Å². The van der Waals surface area contributed by atoms with E-state index in [0.29, 0.717) is 27.0 Å². The lowest BCUT2D eigenvalue weighted by Gasteiger charge is -2.41. The van der Waals surface area contributed by atoms with Gasteiger partial charge in [-0.05, 0) is 42.0 Å². The van der Waals surface area contributed by atoms with Gasteiger partial charge in [0.1, 0.15) is 0 Å². The van der Waals surface area contributed by atoms with E-state index in [1.54, 1.807) is 42.5 Å². The highest BCUT2D eigenvalue weighted by molar-refractivity contribution is 6.31. The number of anilines is 1. The molecule has 0 saturated carbocycles. The maximum absolute atomic E-state index is 13.0. The summed E-state index contributed by atoms with van der Waals surface area (Å²) in [6.07, 6.45) is -6.00. The Hall–Kier alpha value is -2.22. The van der Waals surface area contributed by atoms with Crippen LogP contribution in [0.1, 0.15) is 12.0 Å². The minimum absolute atomic E-state index is 0.0247. The van der Waals surface area contributed by atoms with E-state index >= 15 is 0 Å². The van der Waals surface area contributed by atoms with Gasteiger partial charge in [0.25, 0.3) is 0 Å². The molecule has 2 aromatic carbocycles. The van der Waals surface area contributed by atoms with Crippen molar-refractivity contribution in [2.24, 2.45) is 0 Å². The first-order chi connectivity index (χ1) is 13.2. The molecule has 1 heterocycles. The van der Waals surface area contributed by atoms with Crippen LogP contribution in [0, 0.1) is 0 Å². The lowest BCUT2D eigenvalue weighted by Crippen LogP contribution is -2.53. The van der Waals surface area contributed by atoms with E-state index in [9.17, 15) is 23.1 Å². The molecule has 1 aliphatic rings. The van der Waals surface area contributed by atoms with Crippen LogP contribution in [-0.2, 0) is 4.79 Å². The number of hydrogen-bond acceptors (Lipinski definition) is 3. The molecular weight excluding hydrogens is 416 g/mol. The van der Waals surface area contributed by atoms with Crippen molar-refractivity contribution in [1.29, 1.82) is 0 Å². The number of carbonyl (C=O) groups is 1. The zero-order chi connectivity index (χ0) is 20.5. The van der Waals surface area contributed by atoms with E-state index in [0.717, 1.165) is 10.0 Å². The number of hydrogen-bond donors (Lipinski definition) is 1. The highest BCUT2D eigenvalue weighted by Crippen LogP contribution is 2.34. The van der Waals surface area contributed by atoms with E-state index in [-0.39, 0.29) is 6.42 Å². The number of aliphatic hydroxyl groups is 1. The second-order valence-corrected chi connectivity index (χ2v) is 7.00. The van der Waals surface area contributed by atoms with Crippen LogP contribution >= 0.6 is 23.2 Å². The number of nitrogens with zero attached hydrogens (tertiary/aromatic N) is 2. The molecule has 28 heavy (non-hydrogen) atoms. The molecule has 1 amide bonds. The van der Waals surface area contributed by atoms with Gasteiger partial charge in [-0.25, -0.2) is 5.01 Å². The van der Waals surface area contributed by atoms with Crippen molar-refractivity contribution >= 4 is 40.5 Å². The SMILES string of the molecule is O=C1CC=C(c2ccc(Cl)cc2)N(CC(O)C(F)(F)F)N1c1cccc(Cl)c1. The highest BCUT2D eigenvalue weighted by atomic mass is 35.5. The number of aliphatic hydroxyl groups excluding tert-OH is 1. The Labute approximate surface area is 169 Å². The quantitative estimate of drug-likeness (QED) is 0.748. The average molecular weight is 431 g/mol. The number of rotatable bonds is 4. The first kappa shape index (κ1) is 20.5. The van der Waals surface area contributed by atoms with Gasteiger partial charge in [0.15, 0.2) is 6.10 Å². The summed E-state index contributed by atoms with van der Waals surface area (Å²) >= 11 is 11.9. The first-order valence-electron chi connectivity index (χ1n) is 8.23. The molecule has 1 N–H and O–H groups in total. The van der Waals surface area contributed by atoms with Crippen LogP contribution in [0.2, 0.25) is 10.0 Å². The van der Waals surface area contributed by atoms with Crippen molar-refractivity contribution in [1.82, 2.24) is 5.01 Å². The van der Waals surface area contributed by atoms with E-state index in [4.69, 9.17) is 23.2 Å². The van der Waals surface area contributed by atoms with Crippen molar-refractivity contribution in [3.8, 4) is 0 Å². The molecule has 0 radical (unpaired) electrons. The molecule has 0 aliphatic carbocycles. The van der Waals surface area contributed by atoms with Crippen molar-refractivity contribution in [2.75, 3.05) is 11.6 Å². The van der Waals surface area contributed by atoms with Gasteiger partial charge in [0.2, 0.25) is 5.91 Å². The van der Waals surface area contributed by atoms with Crippen molar-refractivity contribution in [3.05, 3.63) is 70.2 Å². The number of alkyl halides is 3. The summed E-state index contributed by atoms with van der Waals surface area (Å²) in [5.41, 5.74) is 1.20. The summed E-state index contributed by atoms with van der Waals surface area (Å²) in [6.45, 7) is -0.865. The van der Waals surface area contributed by atoms with Crippen LogP contribution in [0.15, 0.2) is 54.6 Å². The fourth-order valence-electron chi connectivity index (χ4n) is 2.84. The molecule has 0 saturated heterocycles. The van der Waals surface area contributed by atoms with Gasteiger partial charge in [0, 0.05) is 16.5 Å². The average Bonchev–Trinajstić information content (AvgIpc) is 2.62. The van der Waals surface area contributed by atoms with Crippen LogP contribution in [0.5, 0.6) is 0 Å². The molecular formula is C19H15Cl2F3N2O2. The Morgan fingerprint density at radius 1 is 1.07 bits per heavy atom. The van der Waals surface area contributed by atoms with Gasteiger partial charge >= 0.3 is 6.18 Å². The monoisotopic (exact) mass is 430 g/mol. The fraction of sp³-hybridized carbons (Fsp3) is 0.211. The Morgan fingerprint density at radius 3 is 2.36 bits per heavy atom. The van der Waals surface area contributed by atoms with Crippen molar-refractivity contribution in [2.45, 2.75) is 18.7 Å². The number of carbonyl (C=O) groups excluding carboxylic acids is 1. The zero-order valence-electron chi connectivity index (χ0n) is 14.3. The van der Waals surface area contributed by atoms with Crippen LogP contribution in [0.25, 0.3) is 5.70 Å². The predicted molar refractivity (Wildman–Crippen MR) is 102 cm³/mol. The van der Waals surface area contributed by atoms with Gasteiger partial charge in [-0.2, -0.15) is 13.2 Å². The van der Waals surface area contributed by atoms with Gasteiger partial charge in [-0.1, -0.05) is 41.4 Å². The Morgan fingerprint density at radius 2 is 1.75 bits per heavy atom. The lowest BCUT2D eigenvalue weighted by atomic mass is 10.1. The molecule has 1 atom stereocenters. The third-order valence-electron chi connectivity index (χ3n) is 4.14. The number of amides is 1. The third-order valence-corrected chi connectivity index (χ3v) is 4.63. The Balaban J connectivity index is 2.07. The summed E-state index contributed by atoms with van der Waals surface area (Å²) in [7, 11) is 0. The first-order valence-corrected chi connectivity index (χ1v) is 8.99. The molecule has 9 heteroatoms. The summed E-state index contributed by atoms with van der Waals surface area (Å²) in [5, 5.41) is 12.7. The molecule has 148 valence electrons. The van der Waals surface area contributed by atoms with Crippen LogP contribution in [-0.4, -0.2) is 34.8 Å². The topological polar surface area (TPSA) is 43.8 Å². The van der Waals surface area contributed by atoms with Crippen LogP contribution in [0.4, 0.5) is 18.9 Å². The number of β-amino-alcohol motifs (C(OH)–C–C–N with tert-alkyl or cyclic N) is 1. The minimum atomic E-state index is -4.84. The largest absolute Gasteiger partial charge is 0.416 e. The van der Waals surface area contributed by atoms with Gasteiger partial charge in [0.05, 0.1) is 17.9 Å². The Kier molecular flexibility index (Phi) is 5.88. The summed E-state index contributed by atoms with van der Waals surface area (Å²) in [6, 6.07) is 12.7. The number of benzene rings is 2. The van der Waals surface area contributed by atoms with E-state index in [1.807, 2.05) is 0 Å². The van der Waals surface area contributed by atoms with Gasteiger partial charge < -0.3 is 5.11 Å². The summed E-state index contributed by atoms with van der Waals surface area (Å²) in [4.78, 5) is 12.6. The zero-order valence-corrected chi connectivity index (χ0v) is 15.8. The molecule has 0 bridgehead atoms. The molecule has 0 aromatic heterocycles. The van der Waals surface area contributed by atoms with E-state index in [2.05, 4.69) is 0 Å². The molecule has 2 aromatic rings. The highest BCUT2D eigenvalue weighted by Gasteiger charge is 2.42. The molecule has 1 aliphatic heterocycles. The Bertz CT molecular complexity index is 901. The molecule has 1 unspecified atom stereocenters.